The maximum atomic E-state index is 12.6. The minimum Gasteiger partial charge on any atom is -0.352 e. The number of hydrogen-bond donors (Lipinski definition) is 1. The van der Waals surface area contributed by atoms with Gasteiger partial charge < -0.3 is 5.32 Å². The Kier molecular flexibility index (Phi) is 4.56. The van der Waals surface area contributed by atoms with Crippen molar-refractivity contribution in [3.8, 4) is 0 Å². The van der Waals surface area contributed by atoms with Crippen LogP contribution < -0.4 is 5.32 Å². The van der Waals surface area contributed by atoms with Crippen molar-refractivity contribution in [3.05, 3.63) is 33.8 Å². The van der Waals surface area contributed by atoms with Gasteiger partial charge in [-0.15, -0.1) is 0 Å². The van der Waals surface area contributed by atoms with Crippen LogP contribution in [-0.4, -0.2) is 12.5 Å². The maximum absolute atomic E-state index is 12.6. The SMILES string of the molecule is CCCNC(=O)c1cccc(C(F)(F)F)c1Br. The van der Waals surface area contributed by atoms with Crippen LogP contribution in [0.25, 0.3) is 0 Å². The van der Waals surface area contributed by atoms with Crippen LogP contribution >= 0.6 is 15.9 Å². The Labute approximate surface area is 105 Å². The highest BCUT2D eigenvalue weighted by Gasteiger charge is 2.34. The monoisotopic (exact) mass is 309 g/mol. The van der Waals surface area contributed by atoms with Gasteiger partial charge in [-0.05, 0) is 34.5 Å². The van der Waals surface area contributed by atoms with Crippen molar-refractivity contribution in [1.82, 2.24) is 5.32 Å². The average molecular weight is 310 g/mol. The van der Waals surface area contributed by atoms with E-state index in [4.69, 9.17) is 0 Å². The van der Waals surface area contributed by atoms with Crippen molar-refractivity contribution < 1.29 is 18.0 Å². The van der Waals surface area contributed by atoms with E-state index in [1.807, 2.05) is 6.92 Å². The van der Waals surface area contributed by atoms with E-state index in [2.05, 4.69) is 21.2 Å². The van der Waals surface area contributed by atoms with E-state index in [1.54, 1.807) is 0 Å². The van der Waals surface area contributed by atoms with E-state index in [0.29, 0.717) is 6.54 Å². The van der Waals surface area contributed by atoms with Crippen molar-refractivity contribution in [2.75, 3.05) is 6.54 Å². The number of nitrogens with one attached hydrogen (secondary N) is 1. The molecule has 0 radical (unpaired) electrons. The van der Waals surface area contributed by atoms with Crippen LogP contribution in [0.3, 0.4) is 0 Å². The summed E-state index contributed by atoms with van der Waals surface area (Å²) in [5.74, 6) is -0.509. The van der Waals surface area contributed by atoms with Gasteiger partial charge in [0.1, 0.15) is 0 Å². The predicted octanol–water partition coefficient (Wildman–Crippen LogP) is 3.61. The smallest absolute Gasteiger partial charge is 0.352 e. The molecular formula is C11H11BrF3NO. The third-order valence-corrected chi connectivity index (χ3v) is 2.94. The van der Waals surface area contributed by atoms with Gasteiger partial charge in [0, 0.05) is 11.0 Å². The van der Waals surface area contributed by atoms with Crippen molar-refractivity contribution in [2.24, 2.45) is 0 Å². The Bertz CT molecular complexity index is 418. The highest BCUT2D eigenvalue weighted by molar-refractivity contribution is 9.10. The standard InChI is InChI=1S/C11H11BrF3NO/c1-2-6-16-10(17)7-4-3-5-8(9(7)12)11(13,14)15/h3-5H,2,6H2,1H3,(H,16,17). The molecular weight excluding hydrogens is 299 g/mol. The Hall–Kier alpha value is -1.04. The lowest BCUT2D eigenvalue weighted by molar-refractivity contribution is -0.138. The van der Waals surface area contributed by atoms with Gasteiger partial charge in [-0.2, -0.15) is 13.2 Å². The van der Waals surface area contributed by atoms with E-state index in [0.717, 1.165) is 12.5 Å². The molecule has 0 saturated carbocycles. The Morgan fingerprint density at radius 1 is 1.41 bits per heavy atom. The van der Waals surface area contributed by atoms with Crippen LogP contribution in [0.5, 0.6) is 0 Å². The topological polar surface area (TPSA) is 29.1 Å². The van der Waals surface area contributed by atoms with E-state index in [1.165, 1.54) is 12.1 Å². The molecule has 0 aliphatic carbocycles. The molecule has 0 heterocycles. The zero-order valence-electron chi connectivity index (χ0n) is 9.07. The van der Waals surface area contributed by atoms with E-state index < -0.39 is 17.6 Å². The van der Waals surface area contributed by atoms with Crippen LogP contribution in [0, 0.1) is 0 Å². The first-order chi connectivity index (χ1) is 7.88. The second-order valence-corrected chi connectivity index (χ2v) is 4.21. The summed E-state index contributed by atoms with van der Waals surface area (Å²) in [6.07, 6.45) is -3.75. The number of amides is 1. The molecule has 6 heteroatoms. The molecule has 0 atom stereocenters. The van der Waals surface area contributed by atoms with Crippen LogP contribution in [0.2, 0.25) is 0 Å². The van der Waals surface area contributed by atoms with Crippen LogP contribution in [-0.2, 0) is 6.18 Å². The molecule has 94 valence electrons. The van der Waals surface area contributed by atoms with Crippen molar-refractivity contribution in [1.29, 1.82) is 0 Å². The molecule has 0 spiro atoms. The van der Waals surface area contributed by atoms with Crippen LogP contribution in [0.1, 0.15) is 29.3 Å². The molecule has 0 aliphatic rings. The number of rotatable bonds is 3. The lowest BCUT2D eigenvalue weighted by atomic mass is 10.1. The highest BCUT2D eigenvalue weighted by Crippen LogP contribution is 2.36. The second-order valence-electron chi connectivity index (χ2n) is 3.42. The fraction of sp³-hybridized carbons (Fsp3) is 0.364. The molecule has 1 rings (SSSR count). The quantitative estimate of drug-likeness (QED) is 0.908. The Morgan fingerprint density at radius 3 is 2.59 bits per heavy atom. The summed E-state index contributed by atoms with van der Waals surface area (Å²) in [7, 11) is 0. The first kappa shape index (κ1) is 14.0. The van der Waals surface area contributed by atoms with Gasteiger partial charge in [0.05, 0.1) is 11.1 Å². The first-order valence-electron chi connectivity index (χ1n) is 5.01. The normalized spacial score (nSPS) is 11.4. The zero-order valence-corrected chi connectivity index (χ0v) is 10.7. The molecule has 1 N–H and O–H groups in total. The highest BCUT2D eigenvalue weighted by atomic mass is 79.9. The third kappa shape index (κ3) is 3.46. The first-order valence-corrected chi connectivity index (χ1v) is 5.81. The molecule has 0 saturated heterocycles. The number of benzene rings is 1. The van der Waals surface area contributed by atoms with Crippen LogP contribution in [0.4, 0.5) is 13.2 Å². The molecule has 2 nitrogen and oxygen atoms in total. The summed E-state index contributed by atoms with van der Waals surface area (Å²) in [5, 5.41) is 2.53. The number of alkyl halides is 3. The molecule has 17 heavy (non-hydrogen) atoms. The summed E-state index contributed by atoms with van der Waals surface area (Å²) in [6.45, 7) is 2.29. The third-order valence-electron chi connectivity index (χ3n) is 2.08. The molecule has 1 aromatic rings. The van der Waals surface area contributed by atoms with Crippen molar-refractivity contribution in [3.63, 3.8) is 0 Å². The van der Waals surface area contributed by atoms with Crippen molar-refractivity contribution >= 4 is 21.8 Å². The van der Waals surface area contributed by atoms with Crippen molar-refractivity contribution in [2.45, 2.75) is 19.5 Å². The van der Waals surface area contributed by atoms with E-state index in [9.17, 15) is 18.0 Å². The largest absolute Gasteiger partial charge is 0.417 e. The molecule has 1 amide bonds. The maximum Gasteiger partial charge on any atom is 0.417 e. The van der Waals surface area contributed by atoms with Gasteiger partial charge >= 0.3 is 6.18 Å². The Morgan fingerprint density at radius 2 is 2.06 bits per heavy atom. The average Bonchev–Trinajstić information content (AvgIpc) is 2.24. The van der Waals surface area contributed by atoms with Gasteiger partial charge in [-0.3, -0.25) is 4.79 Å². The summed E-state index contributed by atoms with van der Waals surface area (Å²) in [4.78, 5) is 11.6. The molecule has 0 aliphatic heterocycles. The second kappa shape index (κ2) is 5.53. The van der Waals surface area contributed by atoms with Crippen LogP contribution in [0.15, 0.2) is 22.7 Å². The number of carbonyl (C=O) groups is 1. The number of carbonyl (C=O) groups excluding carboxylic acids is 1. The molecule has 1 aromatic carbocycles. The predicted molar refractivity (Wildman–Crippen MR) is 61.8 cm³/mol. The molecule has 0 fully saturated rings. The fourth-order valence-electron chi connectivity index (χ4n) is 1.26. The Balaban J connectivity index is 3.06. The van der Waals surface area contributed by atoms with Gasteiger partial charge in [0.25, 0.3) is 5.91 Å². The fourth-order valence-corrected chi connectivity index (χ4v) is 1.93. The summed E-state index contributed by atoms with van der Waals surface area (Å²) >= 11 is 2.83. The zero-order chi connectivity index (χ0) is 13.1. The van der Waals surface area contributed by atoms with Gasteiger partial charge in [0.2, 0.25) is 0 Å². The van der Waals surface area contributed by atoms with Gasteiger partial charge in [-0.25, -0.2) is 0 Å². The summed E-state index contributed by atoms with van der Waals surface area (Å²) < 4.78 is 37.5. The minimum atomic E-state index is -4.47. The lowest BCUT2D eigenvalue weighted by Crippen LogP contribution is -2.25. The molecule has 0 unspecified atom stereocenters. The number of hydrogen-bond acceptors (Lipinski definition) is 1. The van der Waals surface area contributed by atoms with Gasteiger partial charge in [0.15, 0.2) is 0 Å². The number of halogens is 4. The minimum absolute atomic E-state index is 0.00623. The van der Waals surface area contributed by atoms with Gasteiger partial charge in [-0.1, -0.05) is 13.0 Å². The molecule has 0 aromatic heterocycles. The van der Waals surface area contributed by atoms with E-state index in [-0.39, 0.29) is 10.0 Å². The lowest BCUT2D eigenvalue weighted by Gasteiger charge is -2.12. The molecule has 0 bridgehead atoms. The summed E-state index contributed by atoms with van der Waals surface area (Å²) in [5.41, 5.74) is -0.852. The summed E-state index contributed by atoms with van der Waals surface area (Å²) in [6, 6.07) is 3.50. The van der Waals surface area contributed by atoms with E-state index >= 15 is 0 Å².